The highest BCUT2D eigenvalue weighted by atomic mass is 28.4. The third kappa shape index (κ3) is 5.44. The van der Waals surface area contributed by atoms with Gasteiger partial charge in [-0.3, -0.25) is 9.59 Å². The van der Waals surface area contributed by atoms with Crippen LogP contribution in [-0.4, -0.2) is 50.6 Å². The van der Waals surface area contributed by atoms with Crippen LogP contribution in [0.4, 0.5) is 5.69 Å². The van der Waals surface area contributed by atoms with Crippen LogP contribution in [0.1, 0.15) is 49.7 Å². The first-order valence-corrected chi connectivity index (χ1v) is 19.4. The van der Waals surface area contributed by atoms with E-state index in [0.717, 1.165) is 10.1 Å². The van der Waals surface area contributed by atoms with Crippen LogP contribution >= 0.6 is 0 Å². The van der Waals surface area contributed by atoms with Gasteiger partial charge in [0.15, 0.2) is 8.32 Å². The van der Waals surface area contributed by atoms with Gasteiger partial charge >= 0.3 is 11.4 Å². The molecule has 2 aromatic heterocycles. The van der Waals surface area contributed by atoms with Crippen molar-refractivity contribution in [2.75, 3.05) is 11.5 Å². The average Bonchev–Trinajstić information content (AvgIpc) is 3.70. The molecule has 7 rings (SSSR count). The number of aromatic amines is 1. The van der Waals surface area contributed by atoms with Gasteiger partial charge in [0.05, 0.1) is 40.9 Å². The second-order valence-electron chi connectivity index (χ2n) is 14.4. The number of para-hydroxylation sites is 2. The van der Waals surface area contributed by atoms with E-state index in [-0.39, 0.29) is 23.5 Å². The van der Waals surface area contributed by atoms with E-state index in [1.165, 1.54) is 9.58 Å². The van der Waals surface area contributed by atoms with Crippen molar-refractivity contribution < 1.29 is 14.0 Å². The molecule has 0 unspecified atom stereocenters. The van der Waals surface area contributed by atoms with E-state index >= 15 is 0 Å². The van der Waals surface area contributed by atoms with Crippen LogP contribution in [0.25, 0.3) is 5.69 Å². The van der Waals surface area contributed by atoms with Crippen LogP contribution in [0, 0.1) is 11.8 Å². The number of carbonyl (C=O) groups is 2. The van der Waals surface area contributed by atoms with E-state index < -0.39 is 43.5 Å². The summed E-state index contributed by atoms with van der Waals surface area (Å²) in [5, 5.41) is 2.65. The highest BCUT2D eigenvalue weighted by Gasteiger charge is 2.60. The molecule has 0 saturated carbocycles. The lowest BCUT2D eigenvalue weighted by Crippen LogP contribution is -2.48. The van der Waals surface area contributed by atoms with Crippen LogP contribution < -0.4 is 16.3 Å². The van der Waals surface area contributed by atoms with Crippen LogP contribution in [0.2, 0.25) is 18.1 Å². The van der Waals surface area contributed by atoms with E-state index in [1.807, 2.05) is 47.0 Å². The quantitative estimate of drug-likeness (QED) is 0.181. The fourth-order valence-electron chi connectivity index (χ4n) is 6.94. The van der Waals surface area contributed by atoms with Crippen LogP contribution in [0.5, 0.6) is 0 Å². The number of nitrogens with zero attached hydrogens (tertiary/aromatic N) is 5. The summed E-state index contributed by atoms with van der Waals surface area (Å²) in [6.07, 6.45) is 1.67. The molecule has 1 saturated heterocycles. The van der Waals surface area contributed by atoms with Crippen molar-refractivity contribution in [3.05, 3.63) is 135 Å². The number of amides is 2. The number of anilines is 1. The normalized spacial score (nSPS) is 20.8. The van der Waals surface area contributed by atoms with Crippen LogP contribution in [0.3, 0.4) is 0 Å². The number of H-pyrrole nitrogens is 1. The fraction of sp³-hybridized carbons (Fsp3) is 0.324. The Morgan fingerprint density at radius 3 is 2.02 bits per heavy atom. The third-order valence-corrected chi connectivity index (χ3v) is 15.0. The average molecular weight is 677 g/mol. The van der Waals surface area contributed by atoms with Gasteiger partial charge in [0.1, 0.15) is 6.04 Å². The molecule has 2 aliphatic rings. The predicted molar refractivity (Wildman–Crippen MR) is 188 cm³/mol. The maximum Gasteiger partial charge on any atom is 0.352 e. The zero-order valence-corrected chi connectivity index (χ0v) is 29.2. The minimum atomic E-state index is -2.39. The number of carbonyl (C=O) groups excluding carboxylic acids is 2. The Hall–Kier alpha value is -5.07. The van der Waals surface area contributed by atoms with E-state index in [4.69, 9.17) is 9.41 Å². The van der Waals surface area contributed by atoms with Crippen molar-refractivity contribution >= 4 is 25.8 Å². The molecule has 1 aliphatic carbocycles. The number of hydrogen-bond donors (Lipinski definition) is 1. The largest absolute Gasteiger partial charge is 0.416 e. The molecule has 4 atom stereocenters. The van der Waals surface area contributed by atoms with Crippen molar-refractivity contribution in [2.45, 2.75) is 57.4 Å². The molecule has 3 aromatic carbocycles. The van der Waals surface area contributed by atoms with Gasteiger partial charge < -0.3 is 8.99 Å². The molecule has 12 heteroatoms. The smallest absolute Gasteiger partial charge is 0.352 e. The molecule has 1 fully saturated rings. The third-order valence-electron chi connectivity index (χ3n) is 10.5. The minimum absolute atomic E-state index is 0.0833. The monoisotopic (exact) mass is 676 g/mol. The van der Waals surface area contributed by atoms with Gasteiger partial charge in [0, 0.05) is 19.1 Å². The molecule has 1 N–H and O–H groups in total. The van der Waals surface area contributed by atoms with Gasteiger partial charge in [-0.25, -0.2) is 33.8 Å². The zero-order chi connectivity index (χ0) is 34.7. The number of fused-ring (bicyclic) bond motifs is 3. The maximum absolute atomic E-state index is 14.7. The van der Waals surface area contributed by atoms with Crippen molar-refractivity contribution in [2.24, 2.45) is 11.8 Å². The number of imide groups is 1. The molecular weight excluding hydrogens is 637 g/mol. The van der Waals surface area contributed by atoms with E-state index in [2.05, 4.69) is 39.0 Å². The van der Waals surface area contributed by atoms with Crippen LogP contribution in [-0.2, 0) is 20.6 Å². The molecule has 49 heavy (non-hydrogen) atoms. The van der Waals surface area contributed by atoms with Crippen molar-refractivity contribution in [3.8, 4) is 5.69 Å². The number of nitrogens with one attached hydrogen (secondary N) is 1. The Kier molecular flexibility index (Phi) is 8.03. The SMILES string of the molecule is CC(C)(C)[Si](C)(C)OC[C@@H]1[C@@H]2C(=O)N(c3ccccc3)C(=O)[C@@H]2c2c(ncn2Cc2ccccc2)[C@H]1n1[nH]c(=O)n(-c2ccccc2)c1=O. The van der Waals surface area contributed by atoms with Gasteiger partial charge in [0.25, 0.3) is 0 Å². The molecule has 3 heterocycles. The molecular formula is C37H40N6O5Si. The number of rotatable bonds is 8. The summed E-state index contributed by atoms with van der Waals surface area (Å²) in [4.78, 5) is 63.2. The lowest BCUT2D eigenvalue weighted by Gasteiger charge is -2.41. The number of benzene rings is 3. The Bertz CT molecular complexity index is 2130. The van der Waals surface area contributed by atoms with Gasteiger partial charge in [-0.15, -0.1) is 0 Å². The summed E-state index contributed by atoms with van der Waals surface area (Å²) in [6, 6.07) is 26.5. The molecule has 0 bridgehead atoms. The standard InChI is InChI=1S/C37H40N6O5Si/c1-37(2,3)49(4,5)48-22-27-28-29(34(45)41(33(28)44)25-17-11-7-12-18-25)32-30(38-23-40(32)21-24-15-9-6-10-16-24)31(27)43-36(47)42(35(46)39-43)26-19-13-8-14-20-26/h6-20,23,27-29,31H,21-22H2,1-5H3,(H,39,46)/t27-,28+,29+,31+/m1/s1. The Morgan fingerprint density at radius 2 is 1.41 bits per heavy atom. The van der Waals surface area contributed by atoms with Gasteiger partial charge in [-0.05, 0) is 48.0 Å². The number of imidazole rings is 1. The molecule has 252 valence electrons. The summed E-state index contributed by atoms with van der Waals surface area (Å²) in [7, 11) is -2.39. The molecule has 11 nitrogen and oxygen atoms in total. The van der Waals surface area contributed by atoms with Gasteiger partial charge in [0.2, 0.25) is 11.8 Å². The Balaban J connectivity index is 1.45. The lowest BCUT2D eigenvalue weighted by atomic mass is 9.71. The van der Waals surface area contributed by atoms with Crippen molar-refractivity contribution in [1.29, 1.82) is 0 Å². The first kappa shape index (κ1) is 32.5. The number of hydrogen-bond acceptors (Lipinski definition) is 6. The Morgan fingerprint density at radius 1 is 0.816 bits per heavy atom. The maximum atomic E-state index is 14.7. The van der Waals surface area contributed by atoms with E-state index in [1.54, 1.807) is 54.9 Å². The highest BCUT2D eigenvalue weighted by Crippen LogP contribution is 2.52. The van der Waals surface area contributed by atoms with Gasteiger partial charge in [-0.2, -0.15) is 0 Å². The first-order chi connectivity index (χ1) is 23.4. The minimum Gasteiger partial charge on any atom is -0.416 e. The van der Waals surface area contributed by atoms with E-state index in [0.29, 0.717) is 29.3 Å². The zero-order valence-electron chi connectivity index (χ0n) is 28.2. The topological polar surface area (TPSA) is 124 Å². The summed E-state index contributed by atoms with van der Waals surface area (Å²) in [6.45, 7) is 11.1. The van der Waals surface area contributed by atoms with Gasteiger partial charge in [-0.1, -0.05) is 87.5 Å². The second-order valence-corrected chi connectivity index (χ2v) is 19.2. The first-order valence-electron chi connectivity index (χ1n) is 16.5. The predicted octanol–water partition coefficient (Wildman–Crippen LogP) is 5.09. The highest BCUT2D eigenvalue weighted by molar-refractivity contribution is 6.74. The summed E-state index contributed by atoms with van der Waals surface area (Å²) in [5.41, 5.74) is 1.66. The van der Waals surface area contributed by atoms with Crippen molar-refractivity contribution in [3.63, 3.8) is 0 Å². The summed E-state index contributed by atoms with van der Waals surface area (Å²) < 4.78 is 11.1. The molecule has 2 amide bonds. The summed E-state index contributed by atoms with van der Waals surface area (Å²) in [5.74, 6) is -3.20. The number of aromatic nitrogens is 5. The summed E-state index contributed by atoms with van der Waals surface area (Å²) >= 11 is 0. The van der Waals surface area contributed by atoms with Crippen LogP contribution in [0.15, 0.2) is 107 Å². The molecule has 0 radical (unpaired) electrons. The molecule has 0 spiro atoms. The molecule has 1 aliphatic heterocycles. The van der Waals surface area contributed by atoms with Crippen molar-refractivity contribution in [1.82, 2.24) is 23.9 Å². The fourth-order valence-corrected chi connectivity index (χ4v) is 7.98. The Labute approximate surface area is 284 Å². The molecule has 5 aromatic rings. The lowest BCUT2D eigenvalue weighted by molar-refractivity contribution is -0.123. The second kappa shape index (κ2) is 12.1. The van der Waals surface area contributed by atoms with E-state index in [9.17, 15) is 19.2 Å².